The molecule has 1 saturated heterocycles. The average molecular weight is 707 g/mol. The van der Waals surface area contributed by atoms with Gasteiger partial charge in [0.25, 0.3) is 10.0 Å². The maximum atomic E-state index is 13.5. The van der Waals surface area contributed by atoms with Gasteiger partial charge in [0.15, 0.2) is 11.6 Å². The van der Waals surface area contributed by atoms with Gasteiger partial charge in [-0.1, -0.05) is 86.7 Å². The molecule has 0 radical (unpaired) electrons. The van der Waals surface area contributed by atoms with E-state index in [-0.39, 0.29) is 22.2 Å². The highest BCUT2D eigenvalue weighted by Gasteiger charge is 2.25. The molecule has 1 aliphatic carbocycles. The summed E-state index contributed by atoms with van der Waals surface area (Å²) in [5.41, 5.74) is 4.97. The highest BCUT2D eigenvalue weighted by molar-refractivity contribution is 7.92. The predicted octanol–water partition coefficient (Wildman–Crippen LogP) is 7.68. The Morgan fingerprint density at radius 1 is 0.863 bits per heavy atom. The van der Waals surface area contributed by atoms with Crippen LogP contribution >= 0.6 is 0 Å². The number of ether oxygens (including phenoxy) is 1. The van der Waals surface area contributed by atoms with Gasteiger partial charge < -0.3 is 9.64 Å². The third-order valence-corrected chi connectivity index (χ3v) is 11.4. The van der Waals surface area contributed by atoms with Crippen LogP contribution in [0.5, 0.6) is 5.75 Å². The van der Waals surface area contributed by atoms with E-state index < -0.39 is 14.9 Å². The molecule has 2 aliphatic rings. The maximum absolute atomic E-state index is 13.5. The third-order valence-electron chi connectivity index (χ3n) is 10.0. The third kappa shape index (κ3) is 8.13. The molecule has 1 saturated carbocycles. The summed E-state index contributed by atoms with van der Waals surface area (Å²) in [5, 5.41) is 12.4. The fourth-order valence-electron chi connectivity index (χ4n) is 7.21. The van der Waals surface area contributed by atoms with Gasteiger partial charge in [-0.2, -0.15) is 0 Å². The van der Waals surface area contributed by atoms with E-state index in [1.54, 1.807) is 0 Å². The molecule has 11 nitrogen and oxygen atoms in total. The molecule has 2 heterocycles. The summed E-state index contributed by atoms with van der Waals surface area (Å²) in [6, 6.07) is 28.5. The first kappa shape index (κ1) is 34.4. The summed E-state index contributed by atoms with van der Waals surface area (Å²) in [7, 11) is -4.21. The Balaban J connectivity index is 1.01. The summed E-state index contributed by atoms with van der Waals surface area (Å²) < 4.78 is 35.3. The van der Waals surface area contributed by atoms with E-state index in [1.165, 1.54) is 54.4 Å². The molecule has 0 bridgehead atoms. The summed E-state index contributed by atoms with van der Waals surface area (Å²) in [6.45, 7) is 4.68. The van der Waals surface area contributed by atoms with Crippen LogP contribution in [0.15, 0.2) is 102 Å². The Kier molecular flexibility index (Phi) is 10.4. The Morgan fingerprint density at radius 2 is 1.63 bits per heavy atom. The van der Waals surface area contributed by atoms with Crippen LogP contribution in [0.1, 0.15) is 44.1 Å². The molecule has 5 aromatic rings. The molecule has 1 aromatic heterocycles. The zero-order valence-electron chi connectivity index (χ0n) is 28.5. The molecule has 51 heavy (non-hydrogen) atoms. The molecule has 0 atom stereocenters. The van der Waals surface area contributed by atoms with Gasteiger partial charge in [0.2, 0.25) is 0 Å². The van der Waals surface area contributed by atoms with Gasteiger partial charge in [-0.15, -0.1) is 0 Å². The number of anilines is 2. The van der Waals surface area contributed by atoms with Crippen molar-refractivity contribution in [3.8, 4) is 16.9 Å². The smallest absolute Gasteiger partial charge is 0.312 e. The number of hydrogen-bond acceptors (Lipinski definition) is 9. The van der Waals surface area contributed by atoms with Gasteiger partial charge in [0.1, 0.15) is 6.33 Å². The number of nitrogens with one attached hydrogen (secondary N) is 1. The van der Waals surface area contributed by atoms with Gasteiger partial charge >= 0.3 is 5.69 Å². The quantitative estimate of drug-likeness (QED) is 0.103. The molecule has 0 amide bonds. The second-order valence-corrected chi connectivity index (χ2v) is 15.0. The molecular formula is C39H42N6O5S. The van der Waals surface area contributed by atoms with Gasteiger partial charge in [0.05, 0.1) is 21.9 Å². The Morgan fingerprint density at radius 3 is 2.41 bits per heavy atom. The van der Waals surface area contributed by atoms with Crippen molar-refractivity contribution >= 4 is 38.1 Å². The number of nitrogens with zero attached hydrogens (tertiary/aromatic N) is 5. The molecule has 0 spiro atoms. The lowest BCUT2D eigenvalue weighted by molar-refractivity contribution is -0.386. The van der Waals surface area contributed by atoms with Crippen molar-refractivity contribution in [1.82, 2.24) is 14.9 Å². The van der Waals surface area contributed by atoms with Crippen molar-refractivity contribution in [3.05, 3.63) is 113 Å². The molecule has 1 aliphatic heterocycles. The Hall–Kier alpha value is -5.07. The summed E-state index contributed by atoms with van der Waals surface area (Å²) in [4.78, 5) is 24.5. The van der Waals surface area contributed by atoms with Crippen LogP contribution in [-0.2, 0) is 16.6 Å². The highest BCUT2D eigenvalue weighted by atomic mass is 32.2. The second kappa shape index (κ2) is 15.4. The van der Waals surface area contributed by atoms with E-state index in [4.69, 9.17) is 4.74 Å². The fourth-order valence-corrected chi connectivity index (χ4v) is 8.26. The summed E-state index contributed by atoms with van der Waals surface area (Å²) in [5.74, 6) is 0.723. The molecule has 2 fully saturated rings. The van der Waals surface area contributed by atoms with Crippen molar-refractivity contribution in [3.63, 3.8) is 0 Å². The first-order valence-electron chi connectivity index (χ1n) is 17.6. The van der Waals surface area contributed by atoms with Gasteiger partial charge in [-0.25, -0.2) is 18.4 Å². The van der Waals surface area contributed by atoms with Crippen LogP contribution in [0.25, 0.3) is 22.0 Å². The minimum absolute atomic E-state index is 0.0626. The number of sulfonamides is 1. The van der Waals surface area contributed by atoms with Crippen molar-refractivity contribution in [2.45, 2.75) is 50.0 Å². The van der Waals surface area contributed by atoms with E-state index in [1.807, 2.05) is 24.3 Å². The number of piperazine rings is 1. The van der Waals surface area contributed by atoms with Gasteiger partial charge in [-0.3, -0.25) is 19.7 Å². The number of rotatable bonds is 12. The topological polar surface area (TPSA) is 131 Å². The van der Waals surface area contributed by atoms with E-state index in [0.29, 0.717) is 23.4 Å². The molecule has 7 rings (SSSR count). The van der Waals surface area contributed by atoms with Crippen LogP contribution in [0.3, 0.4) is 0 Å². The molecule has 264 valence electrons. The first-order valence-corrected chi connectivity index (χ1v) is 19.1. The minimum Gasteiger partial charge on any atom is -0.487 e. The van der Waals surface area contributed by atoms with Crippen molar-refractivity contribution in [2.24, 2.45) is 5.92 Å². The predicted molar refractivity (Wildman–Crippen MR) is 199 cm³/mol. The molecule has 12 heteroatoms. The zero-order valence-corrected chi connectivity index (χ0v) is 29.3. The SMILES string of the molecule is O=[N+]([O-])c1cc(S(=O)(=O)Nc2ncnc3cc(N4CCN(Cc5ccccc5-c5ccccc5)CC4)ccc23)ccc1OCCC1CCCCC1. The summed E-state index contributed by atoms with van der Waals surface area (Å²) >= 11 is 0. The minimum atomic E-state index is -4.21. The molecule has 0 unspecified atom stereocenters. The number of aromatic nitrogens is 2. The van der Waals surface area contributed by atoms with Crippen molar-refractivity contribution < 1.29 is 18.1 Å². The number of benzene rings is 4. The van der Waals surface area contributed by atoms with E-state index in [0.717, 1.165) is 63.7 Å². The van der Waals surface area contributed by atoms with E-state index in [9.17, 15) is 18.5 Å². The average Bonchev–Trinajstić information content (AvgIpc) is 3.16. The maximum Gasteiger partial charge on any atom is 0.312 e. The number of nitro groups is 1. The largest absolute Gasteiger partial charge is 0.487 e. The van der Waals surface area contributed by atoms with Crippen molar-refractivity contribution in [1.29, 1.82) is 0 Å². The Bertz CT molecular complexity index is 2100. The lowest BCUT2D eigenvalue weighted by atomic mass is 9.87. The lowest BCUT2D eigenvalue weighted by Gasteiger charge is -2.36. The monoisotopic (exact) mass is 706 g/mol. The lowest BCUT2D eigenvalue weighted by Crippen LogP contribution is -2.46. The highest BCUT2D eigenvalue weighted by Crippen LogP contribution is 2.33. The van der Waals surface area contributed by atoms with Crippen LogP contribution in [-0.4, -0.2) is 61.0 Å². The summed E-state index contributed by atoms with van der Waals surface area (Å²) in [6.07, 6.45) is 8.10. The van der Waals surface area contributed by atoms with Crippen LogP contribution < -0.4 is 14.4 Å². The van der Waals surface area contributed by atoms with Gasteiger partial charge in [-0.05, 0) is 59.4 Å². The van der Waals surface area contributed by atoms with Gasteiger partial charge in [0, 0.05) is 49.9 Å². The van der Waals surface area contributed by atoms with Crippen LogP contribution in [0, 0.1) is 16.0 Å². The normalized spacial score (nSPS) is 15.9. The molecular weight excluding hydrogens is 665 g/mol. The number of fused-ring (bicyclic) bond motifs is 1. The van der Waals surface area contributed by atoms with E-state index in [2.05, 4.69) is 73.0 Å². The second-order valence-electron chi connectivity index (χ2n) is 13.3. The fraction of sp³-hybridized carbons (Fsp3) is 0.333. The standard InChI is InChI=1S/C39H42N6O5S/c46-45(47)37-26-33(16-18-38(37)50-24-19-29-9-3-1-4-10-29)51(48,49)42-39-35-17-15-32(25-36(35)40-28-41-39)44-22-20-43(21-23-44)27-31-13-7-8-14-34(31)30-11-5-2-6-12-30/h2,5-8,11-18,25-26,28-29H,1,3-4,9-10,19-24,27H2,(H,40,41,42). The number of hydrogen-bond donors (Lipinski definition) is 1. The molecule has 4 aromatic carbocycles. The molecule has 1 N–H and O–H groups in total. The van der Waals surface area contributed by atoms with E-state index >= 15 is 0 Å². The van der Waals surface area contributed by atoms with Crippen LogP contribution in [0.4, 0.5) is 17.2 Å². The van der Waals surface area contributed by atoms with Crippen molar-refractivity contribution in [2.75, 3.05) is 42.4 Å². The Labute approximate surface area is 298 Å². The number of nitro benzene ring substituents is 1. The zero-order chi connectivity index (χ0) is 35.2. The van der Waals surface area contributed by atoms with Crippen LogP contribution in [0.2, 0.25) is 0 Å². The first-order chi connectivity index (χ1) is 24.8.